The summed E-state index contributed by atoms with van der Waals surface area (Å²) in [5, 5.41) is 13.5. The number of likely N-dealkylation sites (tertiary alicyclic amines) is 1. The summed E-state index contributed by atoms with van der Waals surface area (Å²) in [4.78, 5) is 14.9. The molecule has 1 aliphatic heterocycles. The fourth-order valence-electron chi connectivity index (χ4n) is 4.46. The normalized spacial score (nSPS) is 30.8. The molecule has 138 valence electrons. The van der Waals surface area contributed by atoms with E-state index < -0.39 is 0 Å². The molecule has 1 saturated heterocycles. The lowest BCUT2D eigenvalue weighted by atomic mass is 9.74. The van der Waals surface area contributed by atoms with Crippen LogP contribution in [0.15, 0.2) is 28.7 Å². The summed E-state index contributed by atoms with van der Waals surface area (Å²) < 4.78 is 0.898. The summed E-state index contributed by atoms with van der Waals surface area (Å²) in [6, 6.07) is 8.02. The maximum absolute atomic E-state index is 12.6. The molecule has 1 amide bonds. The zero-order chi connectivity index (χ0) is 17.8. The van der Waals surface area contributed by atoms with Crippen molar-refractivity contribution < 1.29 is 9.90 Å². The van der Waals surface area contributed by atoms with E-state index in [2.05, 4.69) is 33.1 Å². The molecule has 1 aromatic rings. The van der Waals surface area contributed by atoms with E-state index in [4.69, 9.17) is 0 Å². The molecule has 4 atom stereocenters. The van der Waals surface area contributed by atoms with E-state index in [1.54, 1.807) is 0 Å². The largest absolute Gasteiger partial charge is 0.393 e. The molecule has 2 fully saturated rings. The van der Waals surface area contributed by atoms with Crippen LogP contribution in [0.3, 0.4) is 0 Å². The molecule has 1 saturated carbocycles. The SMILES string of the molecule is C[C@@H]1CC[C@H](O)[C@H]([C@H]2CCCCN2CC(=O)Nc2ccccc2Br)C1. The zero-order valence-corrected chi connectivity index (χ0v) is 16.5. The number of nitrogens with zero attached hydrogens (tertiary/aromatic N) is 1. The number of carbonyl (C=O) groups is 1. The van der Waals surface area contributed by atoms with Crippen LogP contribution in [0.25, 0.3) is 0 Å². The van der Waals surface area contributed by atoms with Crippen LogP contribution in [0.4, 0.5) is 5.69 Å². The van der Waals surface area contributed by atoms with Gasteiger partial charge in [-0.15, -0.1) is 0 Å². The molecule has 0 bridgehead atoms. The standard InChI is InChI=1S/C20H29BrN2O2/c1-14-9-10-19(24)15(12-14)18-8-4-5-11-23(18)13-20(25)22-17-7-3-2-6-16(17)21/h2-3,6-7,14-15,18-19,24H,4-5,8-13H2,1H3,(H,22,25)/t14-,15+,18-,19+/m1/s1. The average Bonchev–Trinajstić information content (AvgIpc) is 2.60. The Morgan fingerprint density at radius 1 is 1.28 bits per heavy atom. The fourth-order valence-corrected chi connectivity index (χ4v) is 4.84. The molecule has 0 aromatic heterocycles. The number of anilines is 1. The molecule has 25 heavy (non-hydrogen) atoms. The summed E-state index contributed by atoms with van der Waals surface area (Å²) in [5.41, 5.74) is 0.812. The van der Waals surface area contributed by atoms with E-state index >= 15 is 0 Å². The molecule has 3 rings (SSSR count). The summed E-state index contributed by atoms with van der Waals surface area (Å²) in [5.74, 6) is 1.00. The van der Waals surface area contributed by atoms with Crippen LogP contribution < -0.4 is 5.32 Å². The molecule has 1 aliphatic carbocycles. The number of benzene rings is 1. The van der Waals surface area contributed by atoms with Gasteiger partial charge in [0.2, 0.25) is 5.91 Å². The number of rotatable bonds is 4. The number of hydrogen-bond acceptors (Lipinski definition) is 3. The quantitative estimate of drug-likeness (QED) is 0.789. The first-order valence-electron chi connectivity index (χ1n) is 9.51. The number of hydrogen-bond donors (Lipinski definition) is 2. The topological polar surface area (TPSA) is 52.6 Å². The molecule has 1 aromatic carbocycles. The van der Waals surface area contributed by atoms with Gasteiger partial charge in [-0.05, 0) is 72.6 Å². The van der Waals surface area contributed by atoms with E-state index in [1.807, 2.05) is 24.3 Å². The van der Waals surface area contributed by atoms with Gasteiger partial charge < -0.3 is 10.4 Å². The average molecular weight is 409 g/mol. The first-order chi connectivity index (χ1) is 12.0. The molecule has 4 nitrogen and oxygen atoms in total. The van der Waals surface area contributed by atoms with Gasteiger partial charge in [0.15, 0.2) is 0 Å². The van der Waals surface area contributed by atoms with E-state index in [-0.39, 0.29) is 12.0 Å². The highest BCUT2D eigenvalue weighted by atomic mass is 79.9. The third-order valence-electron chi connectivity index (χ3n) is 5.78. The van der Waals surface area contributed by atoms with Crippen molar-refractivity contribution in [3.63, 3.8) is 0 Å². The number of aliphatic hydroxyl groups is 1. The molecule has 1 heterocycles. The maximum atomic E-state index is 12.6. The molecule has 2 aliphatic rings. The minimum Gasteiger partial charge on any atom is -0.393 e. The van der Waals surface area contributed by atoms with Gasteiger partial charge in [0, 0.05) is 16.4 Å². The Kier molecular flexibility index (Phi) is 6.53. The van der Waals surface area contributed by atoms with Crippen molar-refractivity contribution in [1.82, 2.24) is 4.90 Å². The van der Waals surface area contributed by atoms with E-state index in [9.17, 15) is 9.90 Å². The number of nitrogens with one attached hydrogen (secondary N) is 1. The minimum absolute atomic E-state index is 0.0251. The number of para-hydroxylation sites is 1. The highest BCUT2D eigenvalue weighted by Gasteiger charge is 2.37. The third-order valence-corrected chi connectivity index (χ3v) is 6.47. The maximum Gasteiger partial charge on any atom is 0.238 e. The van der Waals surface area contributed by atoms with Gasteiger partial charge in [0.05, 0.1) is 18.3 Å². The van der Waals surface area contributed by atoms with Gasteiger partial charge in [-0.25, -0.2) is 0 Å². The summed E-state index contributed by atoms with van der Waals surface area (Å²) in [6.45, 7) is 3.64. The Hall–Kier alpha value is -0.910. The molecular formula is C20H29BrN2O2. The predicted octanol–water partition coefficient (Wildman–Crippen LogP) is 4.04. The second kappa shape index (κ2) is 8.65. The fraction of sp³-hybridized carbons (Fsp3) is 0.650. The smallest absolute Gasteiger partial charge is 0.238 e. The predicted molar refractivity (Wildman–Crippen MR) is 104 cm³/mol. The lowest BCUT2D eigenvalue weighted by Gasteiger charge is -2.44. The van der Waals surface area contributed by atoms with Crippen LogP contribution >= 0.6 is 15.9 Å². The molecule has 2 N–H and O–H groups in total. The van der Waals surface area contributed by atoms with Crippen LogP contribution in [0, 0.1) is 11.8 Å². The number of halogens is 1. The van der Waals surface area contributed by atoms with Crippen molar-refractivity contribution in [2.75, 3.05) is 18.4 Å². The van der Waals surface area contributed by atoms with E-state index in [0.717, 1.165) is 48.8 Å². The molecule has 0 radical (unpaired) electrons. The molecular weight excluding hydrogens is 380 g/mol. The van der Waals surface area contributed by atoms with Gasteiger partial charge >= 0.3 is 0 Å². The van der Waals surface area contributed by atoms with Gasteiger partial charge in [-0.1, -0.05) is 25.5 Å². The second-order valence-corrected chi connectivity index (χ2v) is 8.57. The lowest BCUT2D eigenvalue weighted by Crippen LogP contribution is -2.51. The minimum atomic E-state index is -0.215. The molecule has 0 spiro atoms. The Morgan fingerprint density at radius 3 is 2.88 bits per heavy atom. The van der Waals surface area contributed by atoms with Crippen LogP contribution in [0.2, 0.25) is 0 Å². The monoisotopic (exact) mass is 408 g/mol. The van der Waals surface area contributed by atoms with Crippen LogP contribution in [0.1, 0.15) is 45.4 Å². The summed E-state index contributed by atoms with van der Waals surface area (Å²) >= 11 is 3.48. The summed E-state index contributed by atoms with van der Waals surface area (Å²) in [6.07, 6.45) is 6.31. The van der Waals surface area contributed by atoms with Gasteiger partial charge in [0.25, 0.3) is 0 Å². The first kappa shape index (κ1) is 18.9. The van der Waals surface area contributed by atoms with Crippen LogP contribution in [0.5, 0.6) is 0 Å². The highest BCUT2D eigenvalue weighted by molar-refractivity contribution is 9.10. The van der Waals surface area contributed by atoms with Gasteiger partial charge in [-0.2, -0.15) is 0 Å². The Morgan fingerprint density at radius 2 is 2.08 bits per heavy atom. The van der Waals surface area contributed by atoms with Crippen molar-refractivity contribution in [3.05, 3.63) is 28.7 Å². The molecule has 5 heteroatoms. The first-order valence-corrected chi connectivity index (χ1v) is 10.3. The summed E-state index contributed by atoms with van der Waals surface area (Å²) in [7, 11) is 0. The van der Waals surface area contributed by atoms with Crippen molar-refractivity contribution in [1.29, 1.82) is 0 Å². The Balaban J connectivity index is 1.64. The van der Waals surface area contributed by atoms with Crippen LogP contribution in [-0.2, 0) is 4.79 Å². The van der Waals surface area contributed by atoms with Gasteiger partial charge in [0.1, 0.15) is 0 Å². The molecule has 0 unspecified atom stereocenters. The Labute approximate surface area is 159 Å². The second-order valence-electron chi connectivity index (χ2n) is 7.71. The highest BCUT2D eigenvalue weighted by Crippen LogP contribution is 2.36. The van der Waals surface area contributed by atoms with Crippen LogP contribution in [-0.4, -0.2) is 41.1 Å². The number of aliphatic hydroxyl groups excluding tert-OH is 1. The van der Waals surface area contributed by atoms with Gasteiger partial charge in [-0.3, -0.25) is 9.69 Å². The number of piperidine rings is 1. The van der Waals surface area contributed by atoms with E-state index in [1.165, 1.54) is 6.42 Å². The number of amides is 1. The third kappa shape index (κ3) is 4.83. The number of carbonyl (C=O) groups excluding carboxylic acids is 1. The van der Waals surface area contributed by atoms with Crippen molar-refractivity contribution in [3.8, 4) is 0 Å². The van der Waals surface area contributed by atoms with Crippen molar-refractivity contribution >= 4 is 27.5 Å². The zero-order valence-electron chi connectivity index (χ0n) is 15.0. The Bertz CT molecular complexity index is 595. The van der Waals surface area contributed by atoms with Crippen molar-refractivity contribution in [2.24, 2.45) is 11.8 Å². The lowest BCUT2D eigenvalue weighted by molar-refractivity contribution is -0.119. The van der Waals surface area contributed by atoms with Crippen molar-refractivity contribution in [2.45, 2.75) is 57.6 Å². The van der Waals surface area contributed by atoms with E-state index in [0.29, 0.717) is 24.4 Å².